The summed E-state index contributed by atoms with van der Waals surface area (Å²) in [5, 5.41) is 0. The van der Waals surface area contributed by atoms with E-state index >= 15 is 0 Å². The number of benzene rings is 1. The van der Waals surface area contributed by atoms with E-state index in [0.29, 0.717) is 9.20 Å². The summed E-state index contributed by atoms with van der Waals surface area (Å²) >= 11 is 1.35. The van der Waals surface area contributed by atoms with Gasteiger partial charge in [0.2, 0.25) is 0 Å². The van der Waals surface area contributed by atoms with Crippen LogP contribution in [-0.4, -0.2) is 12.1 Å². The van der Waals surface area contributed by atoms with Gasteiger partial charge in [-0.1, -0.05) is 18.7 Å². The second-order valence-electron chi connectivity index (χ2n) is 3.26. The molecule has 2 rings (SSSR count). The van der Waals surface area contributed by atoms with Gasteiger partial charge < -0.3 is 9.72 Å². The van der Waals surface area contributed by atoms with Crippen molar-refractivity contribution >= 4 is 24.0 Å². The van der Waals surface area contributed by atoms with E-state index in [1.54, 1.807) is 7.11 Å². The van der Waals surface area contributed by atoms with E-state index in [2.05, 4.69) is 11.6 Å². The third-order valence-electron chi connectivity index (χ3n) is 2.10. The van der Waals surface area contributed by atoms with Gasteiger partial charge in [0.1, 0.15) is 5.75 Å². The molecule has 1 N–H and O–H groups in total. The van der Waals surface area contributed by atoms with Crippen molar-refractivity contribution in [3.05, 3.63) is 49.4 Å². The van der Waals surface area contributed by atoms with Crippen LogP contribution in [0.2, 0.25) is 0 Å². The lowest BCUT2D eigenvalue weighted by atomic mass is 10.2. The third kappa shape index (κ3) is 2.23. The molecule has 4 heteroatoms. The molecule has 1 aromatic heterocycles. The summed E-state index contributed by atoms with van der Waals surface area (Å²) in [5.41, 5.74) is 0.838. The summed E-state index contributed by atoms with van der Waals surface area (Å²) < 4.78 is 6.43. The molecule has 3 nitrogen and oxygen atoms in total. The third-order valence-corrected chi connectivity index (χ3v) is 2.97. The minimum atomic E-state index is -0.0992. The number of nitrogens with one attached hydrogen (secondary N) is 1. The van der Waals surface area contributed by atoms with Crippen molar-refractivity contribution in [2.24, 2.45) is 0 Å². The number of hydrogen-bond acceptors (Lipinski definition) is 3. The van der Waals surface area contributed by atoms with Gasteiger partial charge in [0.15, 0.2) is 0 Å². The maximum Gasteiger partial charge on any atom is 0.266 e. The van der Waals surface area contributed by atoms with Crippen LogP contribution in [0.25, 0.3) is 12.7 Å². The molecule has 0 aliphatic rings. The van der Waals surface area contributed by atoms with Crippen LogP contribution in [0.15, 0.2) is 29.1 Å². The second kappa shape index (κ2) is 4.37. The highest BCUT2D eigenvalue weighted by Crippen LogP contribution is 2.12. The maximum absolute atomic E-state index is 11.5. The van der Waals surface area contributed by atoms with Gasteiger partial charge in [-0.15, -0.1) is 11.3 Å². The fraction of sp³-hybridized carbons (Fsp3) is 0.0833. The summed E-state index contributed by atoms with van der Waals surface area (Å²) in [7, 11) is 1.62. The minimum absolute atomic E-state index is 0.0992. The van der Waals surface area contributed by atoms with Crippen molar-refractivity contribution in [2.75, 3.05) is 7.11 Å². The van der Waals surface area contributed by atoms with Gasteiger partial charge in [-0.3, -0.25) is 4.79 Å². The Hall–Kier alpha value is -1.81. The normalized spacial score (nSPS) is 11.7. The number of thiazole rings is 1. The van der Waals surface area contributed by atoms with Crippen molar-refractivity contribution in [1.82, 2.24) is 4.98 Å². The van der Waals surface area contributed by atoms with Crippen LogP contribution in [-0.2, 0) is 0 Å². The van der Waals surface area contributed by atoms with E-state index in [1.165, 1.54) is 11.3 Å². The minimum Gasteiger partial charge on any atom is -0.497 e. The molecular formula is C12H11NO2S. The fourth-order valence-electron chi connectivity index (χ4n) is 1.37. The van der Waals surface area contributed by atoms with Crippen LogP contribution in [0.3, 0.4) is 0 Å². The SMILES string of the molecule is C=c1[nH]c(=O)/c(=C/c2cccc(OC)c2)s1. The Morgan fingerprint density at radius 1 is 1.50 bits per heavy atom. The lowest BCUT2D eigenvalue weighted by Crippen LogP contribution is -2.19. The van der Waals surface area contributed by atoms with Gasteiger partial charge >= 0.3 is 0 Å². The zero-order valence-electron chi connectivity index (χ0n) is 8.82. The molecule has 0 saturated carbocycles. The zero-order chi connectivity index (χ0) is 11.5. The van der Waals surface area contributed by atoms with Gasteiger partial charge in [-0.2, -0.15) is 0 Å². The Kier molecular flexibility index (Phi) is 2.92. The highest BCUT2D eigenvalue weighted by atomic mass is 32.1. The summed E-state index contributed by atoms with van der Waals surface area (Å²) in [4.78, 5) is 14.1. The van der Waals surface area contributed by atoms with Crippen molar-refractivity contribution in [2.45, 2.75) is 0 Å². The molecule has 16 heavy (non-hydrogen) atoms. The molecule has 0 atom stereocenters. The standard InChI is InChI=1S/C12H11NO2S/c1-8-13-12(14)11(16-8)7-9-4-3-5-10(6-9)15-2/h3-7H,1H2,2H3,(H,13,14)/b11-7-. The van der Waals surface area contributed by atoms with E-state index in [-0.39, 0.29) is 5.56 Å². The fourth-order valence-corrected chi connectivity index (χ4v) is 2.12. The Morgan fingerprint density at radius 2 is 2.31 bits per heavy atom. The second-order valence-corrected chi connectivity index (χ2v) is 4.40. The summed E-state index contributed by atoms with van der Waals surface area (Å²) in [6, 6.07) is 7.55. The highest BCUT2D eigenvalue weighted by Gasteiger charge is 1.95. The first-order valence-electron chi connectivity index (χ1n) is 4.73. The molecule has 0 unspecified atom stereocenters. The molecule has 1 aromatic carbocycles. The number of aromatic amines is 1. The van der Waals surface area contributed by atoms with Crippen LogP contribution in [0.1, 0.15) is 5.56 Å². The average molecular weight is 233 g/mol. The molecule has 0 saturated heterocycles. The lowest BCUT2D eigenvalue weighted by Gasteiger charge is -1.99. The molecule has 0 aliphatic heterocycles. The molecule has 0 fully saturated rings. The van der Waals surface area contributed by atoms with Gasteiger partial charge in [-0.25, -0.2) is 0 Å². The first-order chi connectivity index (χ1) is 7.69. The molecule has 82 valence electrons. The largest absolute Gasteiger partial charge is 0.497 e. The number of methoxy groups -OCH3 is 1. The highest BCUT2D eigenvalue weighted by molar-refractivity contribution is 7.07. The molecule has 0 spiro atoms. The Morgan fingerprint density at radius 3 is 2.94 bits per heavy atom. The molecule has 1 heterocycles. The van der Waals surface area contributed by atoms with Gasteiger partial charge in [0.05, 0.1) is 16.3 Å². The Labute approximate surface area is 96.3 Å². The van der Waals surface area contributed by atoms with Crippen LogP contribution < -0.4 is 19.5 Å². The van der Waals surface area contributed by atoms with E-state index in [0.717, 1.165) is 11.3 Å². The number of hydrogen-bond donors (Lipinski definition) is 1. The van der Waals surface area contributed by atoms with Gasteiger partial charge in [0.25, 0.3) is 5.56 Å². The van der Waals surface area contributed by atoms with E-state index in [4.69, 9.17) is 4.74 Å². The van der Waals surface area contributed by atoms with Crippen molar-refractivity contribution in [1.29, 1.82) is 0 Å². The molecule has 0 aliphatic carbocycles. The van der Waals surface area contributed by atoms with Crippen molar-refractivity contribution in [3.63, 3.8) is 0 Å². The van der Waals surface area contributed by atoms with Crippen LogP contribution in [0, 0.1) is 0 Å². The molecule has 0 radical (unpaired) electrons. The van der Waals surface area contributed by atoms with Gasteiger partial charge in [0, 0.05) is 0 Å². The number of aromatic nitrogens is 1. The quantitative estimate of drug-likeness (QED) is 0.829. The van der Waals surface area contributed by atoms with Crippen molar-refractivity contribution in [3.8, 4) is 5.75 Å². The smallest absolute Gasteiger partial charge is 0.266 e. The maximum atomic E-state index is 11.5. The number of ether oxygens (including phenoxy) is 1. The zero-order valence-corrected chi connectivity index (χ0v) is 9.64. The summed E-state index contributed by atoms with van der Waals surface area (Å²) in [5.74, 6) is 0.775. The molecule has 2 aromatic rings. The Bertz CT molecular complexity index is 654. The monoisotopic (exact) mass is 233 g/mol. The number of H-pyrrole nitrogens is 1. The summed E-state index contributed by atoms with van der Waals surface area (Å²) in [6.07, 6.45) is 1.82. The first kappa shape index (κ1) is 10.7. The van der Waals surface area contributed by atoms with Crippen molar-refractivity contribution < 1.29 is 4.74 Å². The Balaban J connectivity index is 2.54. The number of rotatable bonds is 2. The van der Waals surface area contributed by atoms with Crippen LogP contribution >= 0.6 is 11.3 Å². The summed E-state index contributed by atoms with van der Waals surface area (Å²) in [6.45, 7) is 3.70. The lowest BCUT2D eigenvalue weighted by molar-refractivity contribution is 0.414. The van der Waals surface area contributed by atoms with E-state index < -0.39 is 0 Å². The van der Waals surface area contributed by atoms with E-state index in [1.807, 2.05) is 30.3 Å². The topological polar surface area (TPSA) is 42.1 Å². The van der Waals surface area contributed by atoms with Gasteiger partial charge in [-0.05, 0) is 23.8 Å². The predicted molar refractivity (Wildman–Crippen MR) is 66.3 cm³/mol. The average Bonchev–Trinajstić information content (AvgIpc) is 2.58. The predicted octanol–water partition coefficient (Wildman–Crippen LogP) is 0.684. The molecular weight excluding hydrogens is 222 g/mol. The van der Waals surface area contributed by atoms with Crippen LogP contribution in [0.4, 0.5) is 0 Å². The van der Waals surface area contributed by atoms with Crippen LogP contribution in [0.5, 0.6) is 5.75 Å². The molecule has 0 amide bonds. The first-order valence-corrected chi connectivity index (χ1v) is 5.54. The van der Waals surface area contributed by atoms with E-state index in [9.17, 15) is 4.79 Å². The molecule has 0 bridgehead atoms.